The third kappa shape index (κ3) is 17.4. The molecule has 2 aromatic heterocycles. The van der Waals surface area contributed by atoms with Gasteiger partial charge in [0.2, 0.25) is 17.7 Å². The number of aliphatic hydroxyl groups is 4. The lowest BCUT2D eigenvalue weighted by molar-refractivity contribution is -0.283. The molecule has 0 unspecified atom stereocenters. The zero-order chi connectivity index (χ0) is 62.4. The average Bonchev–Trinajstić information content (AvgIpc) is 1.98. The molecule has 11 N–H and O–H groups in total. The van der Waals surface area contributed by atoms with Crippen molar-refractivity contribution in [3.63, 3.8) is 0 Å². The van der Waals surface area contributed by atoms with Gasteiger partial charge in [-0.05, 0) is 60.7 Å². The van der Waals surface area contributed by atoms with Crippen molar-refractivity contribution in [3.8, 4) is 22.5 Å². The fourth-order valence-electron chi connectivity index (χ4n) is 9.29. The molecule has 29 nitrogen and oxygen atoms in total. The molecule has 2 aliphatic rings. The van der Waals surface area contributed by atoms with E-state index in [4.69, 9.17) is 24.7 Å². The van der Waals surface area contributed by atoms with Crippen LogP contribution in [0.3, 0.4) is 0 Å². The number of amides is 7. The number of urea groups is 1. The first-order valence-corrected chi connectivity index (χ1v) is 28.0. The summed E-state index contributed by atoms with van der Waals surface area (Å²) < 4.78 is 53.9. The number of primary amides is 1. The van der Waals surface area contributed by atoms with Gasteiger partial charge in [0, 0.05) is 57.5 Å². The number of likely N-dealkylation sites (N-methyl/N-ethyl adjacent to an activating group) is 2. The van der Waals surface area contributed by atoms with Crippen LogP contribution in [0.15, 0.2) is 85.2 Å². The molecule has 7 rings (SSSR count). The van der Waals surface area contributed by atoms with E-state index < -0.39 is 132 Å². The molecular weight excluding hydrogens is 1160 g/mol. The Kier molecular flexibility index (Phi) is 23.2. The Morgan fingerprint density at radius 3 is 1.74 bits per heavy atom. The van der Waals surface area contributed by atoms with E-state index in [-0.39, 0.29) is 56.4 Å². The van der Waals surface area contributed by atoms with Crippen molar-refractivity contribution >= 4 is 53.4 Å². The first kappa shape index (κ1) is 65.6. The van der Waals surface area contributed by atoms with Crippen molar-refractivity contribution in [1.29, 1.82) is 0 Å². The van der Waals surface area contributed by atoms with E-state index in [1.165, 1.54) is 74.7 Å². The molecule has 5 aromatic rings. The molecule has 12 atom stereocenters. The Morgan fingerprint density at radius 2 is 1.26 bits per heavy atom. The van der Waals surface area contributed by atoms with Gasteiger partial charge < -0.3 is 76.2 Å². The molecule has 0 aliphatic carbocycles. The molecule has 32 heteroatoms. The predicted octanol–water partition coefficient (Wildman–Crippen LogP) is 1.75. The molecule has 7 amide bonds. The zero-order valence-corrected chi connectivity index (χ0v) is 48.1. The van der Waals surface area contributed by atoms with Gasteiger partial charge in [0.1, 0.15) is 115 Å². The number of hydrogen-bond donors (Lipinski definition) is 10. The average molecular weight is 1230 g/mol. The quantitative estimate of drug-likeness (QED) is 0.0226. The molecule has 2 saturated heterocycles. The van der Waals surface area contributed by atoms with E-state index >= 15 is 0 Å². The maximum Gasteiger partial charge on any atom is 0.409 e. The number of aromatic nitrogens is 6. The summed E-state index contributed by atoms with van der Waals surface area (Å²) in [6.07, 6.45) is -7.98. The highest BCUT2D eigenvalue weighted by Gasteiger charge is 2.52. The van der Waals surface area contributed by atoms with Crippen LogP contribution in [0.1, 0.15) is 51.3 Å². The second kappa shape index (κ2) is 30.4. The highest BCUT2D eigenvalue weighted by Crippen LogP contribution is 2.42. The maximum atomic E-state index is 14.3. The Labute approximate surface area is 495 Å². The van der Waals surface area contributed by atoms with Gasteiger partial charge in [-0.3, -0.25) is 19.6 Å². The van der Waals surface area contributed by atoms with Crippen LogP contribution in [0, 0.1) is 17.6 Å². The third-order valence-electron chi connectivity index (χ3n) is 14.0. The van der Waals surface area contributed by atoms with Gasteiger partial charge in [0.05, 0.1) is 12.4 Å². The normalized spacial score (nSPS) is 22.7. The number of nitrogens with one attached hydrogen (secondary N) is 4. The minimum atomic E-state index is -1.70. The molecule has 466 valence electrons. The van der Waals surface area contributed by atoms with Crippen LogP contribution in [0.2, 0.25) is 0 Å². The number of carbonyl (C=O) groups excluding carboxylic acids is 6. The minimum absolute atomic E-state index is 0.0493. The van der Waals surface area contributed by atoms with Crippen LogP contribution in [0.5, 0.6) is 0 Å². The summed E-state index contributed by atoms with van der Waals surface area (Å²) in [6, 6.07) is 11.8. The van der Waals surface area contributed by atoms with Gasteiger partial charge in [-0.25, -0.2) is 37.4 Å². The van der Waals surface area contributed by atoms with E-state index in [1.54, 1.807) is 50.2 Å². The van der Waals surface area contributed by atoms with Crippen molar-refractivity contribution in [1.82, 2.24) is 55.7 Å². The van der Waals surface area contributed by atoms with E-state index in [0.717, 1.165) is 14.3 Å². The largest absolute Gasteiger partial charge is 0.447 e. The summed E-state index contributed by atoms with van der Waals surface area (Å²) in [5.41, 5.74) is 4.18. The Hall–Kier alpha value is -7.95. The first-order valence-electron chi connectivity index (χ1n) is 27.1. The zero-order valence-electron chi connectivity index (χ0n) is 47.3. The van der Waals surface area contributed by atoms with Crippen molar-refractivity contribution < 1.29 is 87.1 Å². The number of thioether (sulfide) groups is 1. The van der Waals surface area contributed by atoms with E-state index in [9.17, 15) is 63.2 Å². The number of anilines is 1. The standard InChI is InChI=1S/C54H69F2N13O16S/c1-28(2)41(59-29(3)70)49(76)61-36(13-8-18-58-52(57)77)48(75)60-35-16-14-30(15-17-35)25-81-53(78)66(4)19-20-67(5)54(79)82-26-39-44(71)42(68-23-37(62-64-68)31-9-6-11-33(55)21-31)46(73)50(84-39)86-51-47(74)43(45(72)40(85-51)27-83-80)69-24-38(63-65-69)32-10-7-12-34(56)22-32/h6-7,9-12,14-17,21-24,28,36,39-47,50-51,71-74,80H,8,13,18-20,25-27H2,1-5H3,(H,59,70)(H,60,75)(H,61,76)(H3,57,58,77)/t36-,39+,40+,41-,42-,43-,44-,45-,46+,47+,50-,51-/m0/s1. The molecule has 0 saturated carbocycles. The topological polar surface area (TPSA) is 392 Å². The van der Waals surface area contributed by atoms with Gasteiger partial charge in [-0.1, -0.05) is 72.4 Å². The number of carbonyl (C=O) groups is 6. The van der Waals surface area contributed by atoms with Crippen molar-refractivity contribution in [2.75, 3.05) is 52.3 Å². The smallest absolute Gasteiger partial charge is 0.409 e. The monoisotopic (exact) mass is 1230 g/mol. The number of benzene rings is 3. The van der Waals surface area contributed by atoms with Gasteiger partial charge in [-0.2, -0.15) is 0 Å². The van der Waals surface area contributed by atoms with Crippen LogP contribution < -0.4 is 27.0 Å². The molecule has 86 heavy (non-hydrogen) atoms. The van der Waals surface area contributed by atoms with Crippen LogP contribution in [-0.4, -0.2) is 208 Å². The summed E-state index contributed by atoms with van der Waals surface area (Å²) in [6.45, 7) is 3.33. The third-order valence-corrected chi connectivity index (χ3v) is 15.3. The first-order chi connectivity index (χ1) is 41.0. The number of nitrogens with two attached hydrogens (primary N) is 1. The summed E-state index contributed by atoms with van der Waals surface area (Å²) in [4.78, 5) is 82.8. The van der Waals surface area contributed by atoms with Crippen LogP contribution in [0.25, 0.3) is 22.5 Å². The van der Waals surface area contributed by atoms with Gasteiger partial charge in [-0.15, -0.1) is 10.2 Å². The minimum Gasteiger partial charge on any atom is -0.447 e. The Bertz CT molecular complexity index is 3110. The van der Waals surface area contributed by atoms with E-state index in [2.05, 4.69) is 46.8 Å². The van der Waals surface area contributed by atoms with E-state index in [1.807, 2.05) is 0 Å². The fourth-order valence-corrected chi connectivity index (χ4v) is 10.6. The second-order valence-corrected chi connectivity index (χ2v) is 21.9. The number of halogens is 2. The highest BCUT2D eigenvalue weighted by molar-refractivity contribution is 8.00. The van der Waals surface area contributed by atoms with Crippen molar-refractivity contribution in [2.45, 2.75) is 112 Å². The number of hydrogen-bond acceptors (Lipinski definition) is 21. The second-order valence-electron chi connectivity index (χ2n) is 20.7. The molecule has 4 heterocycles. The lowest BCUT2D eigenvalue weighted by atomic mass is 9.97. The molecule has 0 spiro atoms. The van der Waals surface area contributed by atoms with Crippen LogP contribution in [0.4, 0.5) is 28.9 Å². The molecule has 2 aliphatic heterocycles. The number of nitrogens with zero attached hydrogens (tertiary/aromatic N) is 8. The van der Waals surface area contributed by atoms with Crippen LogP contribution >= 0.6 is 11.8 Å². The molecule has 0 radical (unpaired) electrons. The number of aliphatic hydroxyl groups excluding tert-OH is 4. The van der Waals surface area contributed by atoms with Crippen molar-refractivity contribution in [2.24, 2.45) is 11.7 Å². The SMILES string of the molecule is CC(=O)N[C@H](C(=O)N[C@@H](CCCNC(N)=O)C(=O)Nc1ccc(COC(=O)N(C)CCN(C)C(=O)OC[C@H]2O[C@@H](S[C@@H]3O[C@H](COO)[C@H](O)[C@H](n4cc(-c5cccc(F)c5)nn4)[C@H]3O)[C@H](O)[C@@H](n3cc(-c4cccc(F)c4)nn3)[C@H]2O)cc1)C(C)C. The number of ether oxygens (including phenoxy) is 4. The molecule has 2 fully saturated rings. The Balaban J connectivity index is 0.960. The van der Waals surface area contributed by atoms with Gasteiger partial charge >= 0.3 is 18.2 Å². The maximum absolute atomic E-state index is 14.3. The Morgan fingerprint density at radius 1 is 0.733 bits per heavy atom. The summed E-state index contributed by atoms with van der Waals surface area (Å²) in [5.74, 6) is -2.98. The summed E-state index contributed by atoms with van der Waals surface area (Å²) >= 11 is 0.696. The fraction of sp³-hybridized carbons (Fsp3) is 0.481. The molecule has 3 aromatic carbocycles. The summed E-state index contributed by atoms with van der Waals surface area (Å²) in [5, 5.41) is 83.4. The van der Waals surface area contributed by atoms with Crippen molar-refractivity contribution in [3.05, 3.63) is 102 Å². The summed E-state index contributed by atoms with van der Waals surface area (Å²) in [7, 11) is 2.82. The predicted molar refractivity (Wildman–Crippen MR) is 299 cm³/mol. The lowest BCUT2D eigenvalue weighted by Gasteiger charge is -2.46. The molecule has 0 bridgehead atoms. The number of rotatable bonds is 25. The molecular formula is C54H69F2N13O16S. The highest BCUT2D eigenvalue weighted by atomic mass is 32.2. The lowest BCUT2D eigenvalue weighted by Crippen LogP contribution is -2.58. The van der Waals surface area contributed by atoms with Gasteiger partial charge in [0.15, 0.2) is 0 Å². The van der Waals surface area contributed by atoms with Crippen LogP contribution in [-0.2, 0) is 44.8 Å². The van der Waals surface area contributed by atoms with Gasteiger partial charge in [0.25, 0.3) is 0 Å². The van der Waals surface area contributed by atoms with E-state index in [0.29, 0.717) is 34.1 Å².